The third kappa shape index (κ3) is 3.07. The highest BCUT2D eigenvalue weighted by molar-refractivity contribution is 6.17. The van der Waals surface area contributed by atoms with Crippen LogP contribution in [0.5, 0.6) is 5.75 Å². The molecule has 0 saturated carbocycles. The number of esters is 1. The molecule has 0 saturated heterocycles. The molecule has 0 N–H and O–H groups in total. The Morgan fingerprint density at radius 2 is 2.00 bits per heavy atom. The Balaban J connectivity index is 2.64. The minimum Gasteiger partial charge on any atom is -0.427 e. The molecule has 3 heteroatoms. The molecule has 0 amide bonds. The second kappa shape index (κ2) is 4.87. The number of hydrogen-bond acceptors (Lipinski definition) is 2. The lowest BCUT2D eigenvalue weighted by molar-refractivity contribution is -0.134. The number of alkyl halides is 1. The van der Waals surface area contributed by atoms with E-state index in [9.17, 15) is 4.79 Å². The van der Waals surface area contributed by atoms with Crippen LogP contribution in [0.4, 0.5) is 0 Å². The first-order valence-electron chi connectivity index (χ1n) is 4.12. The first-order chi connectivity index (χ1) is 6.26. The van der Waals surface area contributed by atoms with Crippen LogP contribution in [-0.4, -0.2) is 5.97 Å². The lowest BCUT2D eigenvalue weighted by atomic mass is 10.2. The van der Waals surface area contributed by atoms with E-state index in [0.717, 1.165) is 5.56 Å². The third-order valence-corrected chi connectivity index (χ3v) is 1.91. The summed E-state index contributed by atoms with van der Waals surface area (Å²) in [7, 11) is 0. The van der Waals surface area contributed by atoms with Crippen LogP contribution in [0.2, 0.25) is 0 Å². The number of rotatable bonds is 3. The molecule has 1 rings (SSSR count). The van der Waals surface area contributed by atoms with Gasteiger partial charge < -0.3 is 4.74 Å². The van der Waals surface area contributed by atoms with Gasteiger partial charge in [0, 0.05) is 12.3 Å². The van der Waals surface area contributed by atoms with Gasteiger partial charge in [0.25, 0.3) is 0 Å². The van der Waals surface area contributed by atoms with Crippen LogP contribution in [0.25, 0.3) is 0 Å². The third-order valence-electron chi connectivity index (χ3n) is 1.60. The minimum atomic E-state index is -0.223. The van der Waals surface area contributed by atoms with Crippen molar-refractivity contribution >= 4 is 17.6 Å². The van der Waals surface area contributed by atoms with E-state index in [2.05, 4.69) is 0 Å². The lowest BCUT2D eigenvalue weighted by Crippen LogP contribution is -2.05. The van der Waals surface area contributed by atoms with Gasteiger partial charge in [-0.05, 0) is 17.7 Å². The zero-order valence-electron chi connectivity index (χ0n) is 7.42. The Kier molecular flexibility index (Phi) is 3.77. The molecule has 0 aliphatic heterocycles. The predicted molar refractivity (Wildman–Crippen MR) is 51.9 cm³/mol. The number of benzene rings is 1. The van der Waals surface area contributed by atoms with Crippen LogP contribution in [-0.2, 0) is 10.7 Å². The Morgan fingerprint density at radius 1 is 1.38 bits per heavy atom. The van der Waals surface area contributed by atoms with E-state index in [4.69, 9.17) is 16.3 Å². The van der Waals surface area contributed by atoms with Crippen molar-refractivity contribution in [2.75, 3.05) is 0 Å². The molecule has 13 heavy (non-hydrogen) atoms. The summed E-state index contributed by atoms with van der Waals surface area (Å²) in [5.74, 6) is 0.821. The topological polar surface area (TPSA) is 26.3 Å². The summed E-state index contributed by atoms with van der Waals surface area (Å²) in [5.41, 5.74) is 1.01. The van der Waals surface area contributed by atoms with Crippen molar-refractivity contribution in [3.05, 3.63) is 29.8 Å². The van der Waals surface area contributed by atoms with Crippen molar-refractivity contribution < 1.29 is 9.53 Å². The highest BCUT2D eigenvalue weighted by Crippen LogP contribution is 2.13. The van der Waals surface area contributed by atoms with Crippen molar-refractivity contribution in [2.45, 2.75) is 19.2 Å². The fourth-order valence-electron chi connectivity index (χ4n) is 0.850. The second-order valence-electron chi connectivity index (χ2n) is 2.61. The van der Waals surface area contributed by atoms with E-state index < -0.39 is 0 Å². The fourth-order valence-corrected chi connectivity index (χ4v) is 1.03. The van der Waals surface area contributed by atoms with E-state index in [-0.39, 0.29) is 5.97 Å². The zero-order chi connectivity index (χ0) is 9.68. The first kappa shape index (κ1) is 10.1. The molecular formula is C10H11ClO2. The van der Waals surface area contributed by atoms with E-state index in [1.165, 1.54) is 0 Å². The van der Waals surface area contributed by atoms with Crippen LogP contribution in [0, 0.1) is 0 Å². The fraction of sp³-hybridized carbons (Fsp3) is 0.300. The van der Waals surface area contributed by atoms with E-state index in [1.807, 2.05) is 12.1 Å². The van der Waals surface area contributed by atoms with Crippen molar-refractivity contribution in [3.8, 4) is 5.75 Å². The molecule has 1 aromatic carbocycles. The van der Waals surface area contributed by atoms with Crippen molar-refractivity contribution in [1.82, 2.24) is 0 Å². The highest BCUT2D eigenvalue weighted by atomic mass is 35.5. The summed E-state index contributed by atoms with van der Waals surface area (Å²) in [6.45, 7) is 1.76. The Labute approximate surface area is 82.5 Å². The summed E-state index contributed by atoms with van der Waals surface area (Å²) >= 11 is 5.60. The average Bonchev–Trinajstić information content (AvgIpc) is 2.19. The van der Waals surface area contributed by atoms with Gasteiger partial charge in [0.15, 0.2) is 0 Å². The molecule has 0 bridgehead atoms. The van der Waals surface area contributed by atoms with E-state index >= 15 is 0 Å². The number of ether oxygens (including phenoxy) is 1. The first-order valence-corrected chi connectivity index (χ1v) is 4.65. The molecule has 0 radical (unpaired) electrons. The van der Waals surface area contributed by atoms with Crippen molar-refractivity contribution in [3.63, 3.8) is 0 Å². The van der Waals surface area contributed by atoms with Gasteiger partial charge >= 0.3 is 5.97 Å². The zero-order valence-corrected chi connectivity index (χ0v) is 8.17. The number of halogens is 1. The van der Waals surface area contributed by atoms with Gasteiger partial charge in [-0.3, -0.25) is 4.79 Å². The maximum Gasteiger partial charge on any atom is 0.310 e. The molecule has 2 nitrogen and oxygen atoms in total. The summed E-state index contributed by atoms with van der Waals surface area (Å²) in [6.07, 6.45) is 0.386. The van der Waals surface area contributed by atoms with Crippen LogP contribution in [0.15, 0.2) is 24.3 Å². The molecule has 0 fully saturated rings. The molecule has 0 atom stereocenters. The molecule has 0 aliphatic rings. The second-order valence-corrected chi connectivity index (χ2v) is 2.87. The maximum atomic E-state index is 10.9. The monoisotopic (exact) mass is 198 g/mol. The quantitative estimate of drug-likeness (QED) is 0.424. The summed E-state index contributed by atoms with van der Waals surface area (Å²) in [4.78, 5) is 10.9. The van der Waals surface area contributed by atoms with Gasteiger partial charge in [0.2, 0.25) is 0 Å². The van der Waals surface area contributed by atoms with E-state index in [0.29, 0.717) is 18.1 Å². The van der Waals surface area contributed by atoms with Crippen LogP contribution in [0.1, 0.15) is 18.9 Å². The smallest absolute Gasteiger partial charge is 0.310 e. The van der Waals surface area contributed by atoms with Crippen LogP contribution in [0.3, 0.4) is 0 Å². The minimum absolute atomic E-state index is 0.223. The number of hydrogen-bond donors (Lipinski definition) is 0. The van der Waals surface area contributed by atoms with Gasteiger partial charge in [0.05, 0.1) is 0 Å². The van der Waals surface area contributed by atoms with Crippen LogP contribution >= 0.6 is 11.6 Å². The normalized spacial score (nSPS) is 9.69. The average molecular weight is 199 g/mol. The Morgan fingerprint density at radius 3 is 2.46 bits per heavy atom. The Hall–Kier alpha value is -1.02. The van der Waals surface area contributed by atoms with Gasteiger partial charge in [-0.15, -0.1) is 11.6 Å². The summed E-state index contributed by atoms with van der Waals surface area (Å²) in [5, 5.41) is 0. The molecule has 1 aromatic rings. The summed E-state index contributed by atoms with van der Waals surface area (Å²) in [6, 6.07) is 7.16. The molecule has 0 aromatic heterocycles. The van der Waals surface area contributed by atoms with Gasteiger partial charge in [-0.25, -0.2) is 0 Å². The SMILES string of the molecule is CCC(=O)Oc1ccc(CCl)cc1. The van der Waals surface area contributed by atoms with Gasteiger partial charge in [0.1, 0.15) is 5.75 Å². The molecule has 70 valence electrons. The van der Waals surface area contributed by atoms with Crippen LogP contribution < -0.4 is 4.74 Å². The van der Waals surface area contributed by atoms with E-state index in [1.54, 1.807) is 19.1 Å². The molecule has 0 spiro atoms. The lowest BCUT2D eigenvalue weighted by Gasteiger charge is -2.02. The highest BCUT2D eigenvalue weighted by Gasteiger charge is 2.00. The number of carbonyl (C=O) groups is 1. The molecule has 0 unspecified atom stereocenters. The van der Waals surface area contributed by atoms with Crippen molar-refractivity contribution in [1.29, 1.82) is 0 Å². The Bertz CT molecular complexity index is 279. The summed E-state index contributed by atoms with van der Waals surface area (Å²) < 4.78 is 4.98. The van der Waals surface area contributed by atoms with Gasteiger partial charge in [-0.2, -0.15) is 0 Å². The van der Waals surface area contributed by atoms with Crippen molar-refractivity contribution in [2.24, 2.45) is 0 Å². The largest absolute Gasteiger partial charge is 0.427 e. The standard InChI is InChI=1S/C10H11ClO2/c1-2-10(12)13-9-5-3-8(7-11)4-6-9/h3-6H,2,7H2,1H3. The maximum absolute atomic E-state index is 10.9. The molecule has 0 aliphatic carbocycles. The molecular weight excluding hydrogens is 188 g/mol. The molecule has 0 heterocycles. The van der Waals surface area contributed by atoms with Gasteiger partial charge in [-0.1, -0.05) is 19.1 Å². The number of carbonyl (C=O) groups excluding carboxylic acids is 1. The predicted octanol–water partition coefficient (Wildman–Crippen LogP) is 2.74.